The van der Waals surface area contributed by atoms with Crippen LogP contribution in [0.1, 0.15) is 66.2 Å². The van der Waals surface area contributed by atoms with E-state index < -0.39 is 19.5 Å². The number of allylic oxidation sites excluding steroid dienone is 2. The first-order valence-electron chi connectivity index (χ1n) is 9.83. The molecule has 0 heterocycles. The number of hydrogen-bond acceptors (Lipinski definition) is 2. The zero-order valence-corrected chi connectivity index (χ0v) is 19.0. The van der Waals surface area contributed by atoms with Crippen LogP contribution in [-0.2, 0) is 8.85 Å². The Morgan fingerprint density at radius 2 is 1.25 bits per heavy atom. The van der Waals surface area contributed by atoms with Crippen LogP contribution in [0, 0.1) is 22.7 Å². The number of rotatable bonds is 8. The lowest BCUT2D eigenvalue weighted by molar-refractivity contribution is -0.137. The molecule has 0 spiro atoms. The maximum Gasteiger partial charge on any atom is 0.185 e. The van der Waals surface area contributed by atoms with Crippen LogP contribution in [0.15, 0.2) is 22.5 Å². The number of hydrogen-bond donors (Lipinski definition) is 0. The van der Waals surface area contributed by atoms with Gasteiger partial charge in [-0.2, -0.15) is 0 Å². The third-order valence-corrected chi connectivity index (χ3v) is 9.18. The van der Waals surface area contributed by atoms with Crippen molar-refractivity contribution in [1.82, 2.24) is 0 Å². The zero-order chi connectivity index (χ0) is 17.2. The fourth-order valence-electron chi connectivity index (χ4n) is 5.99. The Balaban J connectivity index is 1.59. The van der Waals surface area contributed by atoms with E-state index in [2.05, 4.69) is 39.1 Å². The van der Waals surface area contributed by atoms with E-state index in [-0.39, 0.29) is 0 Å². The molecule has 0 aromatic heterocycles. The minimum atomic E-state index is -0.465. The molecule has 0 amide bonds. The highest BCUT2D eigenvalue weighted by Crippen LogP contribution is 2.65. The summed E-state index contributed by atoms with van der Waals surface area (Å²) in [4.78, 5) is 0. The van der Waals surface area contributed by atoms with Gasteiger partial charge in [-0.05, 0) is 88.9 Å². The van der Waals surface area contributed by atoms with Gasteiger partial charge in [-0.15, -0.1) is 0 Å². The summed E-state index contributed by atoms with van der Waals surface area (Å²) in [6.07, 6.45) is 8.58. The van der Waals surface area contributed by atoms with Gasteiger partial charge in [0, 0.05) is 13.2 Å². The van der Waals surface area contributed by atoms with E-state index in [4.69, 9.17) is 8.85 Å². The van der Waals surface area contributed by atoms with Crippen molar-refractivity contribution in [1.29, 1.82) is 0 Å². The second-order valence-corrected chi connectivity index (χ2v) is 11.9. The van der Waals surface area contributed by atoms with Gasteiger partial charge in [0.2, 0.25) is 0 Å². The third-order valence-electron chi connectivity index (χ3n) is 6.34. The fourth-order valence-corrected chi connectivity index (χ4v) is 7.99. The molecular weight excluding hydrogens is 328 g/mol. The molecule has 4 bridgehead atoms. The van der Waals surface area contributed by atoms with Gasteiger partial charge in [0.1, 0.15) is 0 Å². The van der Waals surface area contributed by atoms with Crippen molar-refractivity contribution >= 4 is 19.5 Å². The first-order chi connectivity index (χ1) is 11.4. The Morgan fingerprint density at radius 1 is 0.833 bits per heavy atom. The molecule has 2 nitrogen and oxygen atoms in total. The molecule has 0 aromatic rings. The standard InChI is InChI=1S/C20H36O2Si2/c1-15(2)10-23-21-13-19-6-17-5-18(7-19)9-20(8-17,12-19)14-22-24-11-16(3)4/h10-11,17-18H,5-9,12-14,23-24H2,1-4H3. The van der Waals surface area contributed by atoms with E-state index in [1.165, 1.54) is 49.7 Å². The summed E-state index contributed by atoms with van der Waals surface area (Å²) in [5, 5.41) is 0. The molecule has 4 rings (SSSR count). The lowest BCUT2D eigenvalue weighted by Crippen LogP contribution is -2.55. The smallest absolute Gasteiger partial charge is 0.185 e. The third kappa shape index (κ3) is 4.51. The van der Waals surface area contributed by atoms with Gasteiger partial charge >= 0.3 is 0 Å². The zero-order valence-electron chi connectivity index (χ0n) is 16.2. The van der Waals surface area contributed by atoms with E-state index in [1.807, 2.05) is 0 Å². The summed E-state index contributed by atoms with van der Waals surface area (Å²) in [5.74, 6) is 1.90. The summed E-state index contributed by atoms with van der Waals surface area (Å²) in [6.45, 7) is 10.8. The molecule has 4 aliphatic rings. The summed E-state index contributed by atoms with van der Waals surface area (Å²) >= 11 is 0. The Kier molecular flexibility index (Phi) is 5.90. The normalized spacial score (nSPS) is 37.7. The van der Waals surface area contributed by atoms with Gasteiger partial charge in [-0.3, -0.25) is 0 Å². The van der Waals surface area contributed by atoms with Crippen LogP contribution < -0.4 is 0 Å². The van der Waals surface area contributed by atoms with E-state index in [1.54, 1.807) is 0 Å². The maximum absolute atomic E-state index is 6.25. The minimum Gasteiger partial charge on any atom is -0.419 e. The van der Waals surface area contributed by atoms with E-state index in [0.29, 0.717) is 10.8 Å². The molecule has 0 saturated heterocycles. The van der Waals surface area contributed by atoms with Gasteiger partial charge < -0.3 is 8.85 Å². The van der Waals surface area contributed by atoms with Crippen LogP contribution >= 0.6 is 0 Å². The summed E-state index contributed by atoms with van der Waals surface area (Å²) in [6, 6.07) is 0. The molecule has 24 heavy (non-hydrogen) atoms. The largest absolute Gasteiger partial charge is 0.419 e. The first kappa shape index (κ1) is 18.6. The van der Waals surface area contributed by atoms with Crippen LogP contribution in [0.5, 0.6) is 0 Å². The highest BCUT2D eigenvalue weighted by atomic mass is 28.2. The molecule has 4 saturated carbocycles. The molecule has 0 unspecified atom stereocenters. The van der Waals surface area contributed by atoms with Gasteiger partial charge in [-0.1, -0.05) is 22.5 Å². The van der Waals surface area contributed by atoms with Crippen molar-refractivity contribution in [3.8, 4) is 0 Å². The van der Waals surface area contributed by atoms with Crippen molar-refractivity contribution in [2.45, 2.75) is 66.2 Å². The fraction of sp³-hybridized carbons (Fsp3) is 0.800. The highest BCUT2D eigenvalue weighted by Gasteiger charge is 2.57. The predicted molar refractivity (Wildman–Crippen MR) is 107 cm³/mol. The molecule has 0 atom stereocenters. The van der Waals surface area contributed by atoms with Crippen LogP contribution in [0.4, 0.5) is 0 Å². The molecular formula is C20H36O2Si2. The van der Waals surface area contributed by atoms with Crippen molar-refractivity contribution in [2.75, 3.05) is 13.2 Å². The minimum absolute atomic E-state index is 0.465. The molecule has 136 valence electrons. The average molecular weight is 365 g/mol. The van der Waals surface area contributed by atoms with Gasteiger partial charge in [0.05, 0.1) is 0 Å². The van der Waals surface area contributed by atoms with Gasteiger partial charge in [0.15, 0.2) is 19.5 Å². The van der Waals surface area contributed by atoms with Crippen molar-refractivity contribution in [3.05, 3.63) is 22.5 Å². The van der Waals surface area contributed by atoms with Crippen LogP contribution in [-0.4, -0.2) is 32.7 Å². The second kappa shape index (κ2) is 7.60. The molecule has 4 fully saturated rings. The molecule has 0 aromatic carbocycles. The second-order valence-electron chi connectivity index (χ2n) is 9.55. The summed E-state index contributed by atoms with van der Waals surface area (Å²) in [7, 11) is -0.929. The molecule has 0 aliphatic heterocycles. The Morgan fingerprint density at radius 3 is 1.62 bits per heavy atom. The lowest BCUT2D eigenvalue weighted by atomic mass is 9.44. The summed E-state index contributed by atoms with van der Waals surface area (Å²) in [5.41, 5.74) is 8.53. The van der Waals surface area contributed by atoms with Gasteiger partial charge in [0.25, 0.3) is 0 Å². The van der Waals surface area contributed by atoms with E-state index >= 15 is 0 Å². The Hall–Kier alpha value is -0.166. The first-order valence-corrected chi connectivity index (χ1v) is 12.6. The highest BCUT2D eigenvalue weighted by molar-refractivity contribution is 6.34. The van der Waals surface area contributed by atoms with E-state index in [9.17, 15) is 0 Å². The monoisotopic (exact) mass is 364 g/mol. The van der Waals surface area contributed by atoms with Crippen molar-refractivity contribution in [3.63, 3.8) is 0 Å². The van der Waals surface area contributed by atoms with Crippen molar-refractivity contribution in [2.24, 2.45) is 22.7 Å². The Bertz CT molecular complexity index is 448. The maximum atomic E-state index is 6.25. The average Bonchev–Trinajstić information content (AvgIpc) is 2.46. The molecule has 0 N–H and O–H groups in total. The van der Waals surface area contributed by atoms with Crippen LogP contribution in [0.3, 0.4) is 0 Å². The molecule has 4 heteroatoms. The topological polar surface area (TPSA) is 18.5 Å². The van der Waals surface area contributed by atoms with Crippen LogP contribution in [0.25, 0.3) is 0 Å². The van der Waals surface area contributed by atoms with E-state index in [0.717, 1.165) is 25.0 Å². The summed E-state index contributed by atoms with van der Waals surface area (Å²) < 4.78 is 12.5. The molecule has 0 radical (unpaired) electrons. The van der Waals surface area contributed by atoms with Gasteiger partial charge in [-0.25, -0.2) is 0 Å². The van der Waals surface area contributed by atoms with Crippen molar-refractivity contribution < 1.29 is 8.85 Å². The molecule has 4 aliphatic carbocycles. The Labute approximate surface area is 153 Å². The predicted octanol–water partition coefficient (Wildman–Crippen LogP) is 3.62. The lowest BCUT2D eigenvalue weighted by Gasteiger charge is -2.62. The quantitative estimate of drug-likeness (QED) is 0.484. The van der Waals surface area contributed by atoms with Crippen LogP contribution in [0.2, 0.25) is 0 Å². The SMILES string of the molecule is CC(C)=C[SiH2]OCC12CC3CC(C1)CC(CO[SiH2]C=C(C)C)(C3)C2.